The van der Waals surface area contributed by atoms with Crippen molar-refractivity contribution < 1.29 is 27.9 Å². The number of carbonyl (C=O) groups is 2. The lowest BCUT2D eigenvalue weighted by atomic mass is 9.97. The first-order valence-corrected chi connectivity index (χ1v) is 11.9. The van der Waals surface area contributed by atoms with Crippen LogP contribution in [-0.2, 0) is 19.5 Å². The molecule has 194 valence electrons. The molecule has 1 fully saturated rings. The Balaban J connectivity index is 1.48. The zero-order valence-corrected chi connectivity index (χ0v) is 20.1. The number of carbonyl (C=O) groups excluding carboxylic acids is 2. The van der Waals surface area contributed by atoms with Crippen molar-refractivity contribution in [3.05, 3.63) is 87.2 Å². The Morgan fingerprint density at radius 1 is 1.27 bits per heavy atom. The highest BCUT2D eigenvalue weighted by Gasteiger charge is 2.52. The number of nitrogens with zero attached hydrogens (tertiary/aromatic N) is 3. The number of Topliss-reactive ketones (excluding diaryl/α,β-unsaturated/α-hetero) is 1. The third-order valence-electron chi connectivity index (χ3n) is 7.17. The normalized spacial score (nSPS) is 21.6. The van der Waals surface area contributed by atoms with E-state index in [1.807, 2.05) is 11.8 Å². The van der Waals surface area contributed by atoms with Gasteiger partial charge in [0.15, 0.2) is 23.0 Å². The van der Waals surface area contributed by atoms with E-state index in [0.717, 1.165) is 12.1 Å². The van der Waals surface area contributed by atoms with Crippen LogP contribution in [0.15, 0.2) is 52.0 Å². The third kappa shape index (κ3) is 4.23. The molecule has 1 aromatic carbocycles. The molecule has 1 amide bonds. The van der Waals surface area contributed by atoms with E-state index in [0.29, 0.717) is 25.3 Å². The summed E-state index contributed by atoms with van der Waals surface area (Å²) >= 11 is 0. The van der Waals surface area contributed by atoms with Gasteiger partial charge in [0.2, 0.25) is 5.43 Å². The predicted octanol–water partition coefficient (Wildman–Crippen LogP) is 2.60. The van der Waals surface area contributed by atoms with E-state index in [2.05, 4.69) is 0 Å². The molecule has 0 unspecified atom stereocenters. The summed E-state index contributed by atoms with van der Waals surface area (Å²) in [5.74, 6) is -4.29. The Morgan fingerprint density at radius 2 is 2.05 bits per heavy atom. The molecule has 0 bridgehead atoms. The molecular formula is C26H26F2N4O5. The Bertz CT molecular complexity index is 1440. The van der Waals surface area contributed by atoms with Crippen LogP contribution in [0.4, 0.5) is 8.78 Å². The van der Waals surface area contributed by atoms with Crippen LogP contribution in [0.1, 0.15) is 51.9 Å². The number of halogens is 2. The Hall–Kier alpha value is -3.83. The number of fused-ring (bicyclic) bond motifs is 2. The lowest BCUT2D eigenvalue weighted by Gasteiger charge is -2.56. The highest BCUT2D eigenvalue weighted by atomic mass is 19.1. The van der Waals surface area contributed by atoms with Gasteiger partial charge in [0.1, 0.15) is 17.4 Å². The fourth-order valence-corrected chi connectivity index (χ4v) is 5.23. The minimum Gasteiger partial charge on any atom is -0.503 e. The van der Waals surface area contributed by atoms with Gasteiger partial charge in [-0.15, -0.1) is 0 Å². The summed E-state index contributed by atoms with van der Waals surface area (Å²) in [4.78, 5) is 42.8. The van der Waals surface area contributed by atoms with Crippen LogP contribution in [-0.4, -0.2) is 49.5 Å². The number of amides is 1. The molecule has 37 heavy (non-hydrogen) atoms. The molecule has 0 saturated carbocycles. The molecular weight excluding hydrogens is 486 g/mol. The van der Waals surface area contributed by atoms with Crippen molar-refractivity contribution in [2.45, 2.75) is 51.1 Å². The molecule has 2 aliphatic rings. The number of furan rings is 1. The van der Waals surface area contributed by atoms with Gasteiger partial charge in [-0.2, -0.15) is 0 Å². The van der Waals surface area contributed by atoms with Crippen molar-refractivity contribution in [1.82, 2.24) is 14.4 Å². The Kier molecular flexibility index (Phi) is 6.20. The van der Waals surface area contributed by atoms with Crippen LogP contribution in [0.2, 0.25) is 0 Å². The second-order valence-electron chi connectivity index (χ2n) is 9.55. The molecule has 0 spiro atoms. The molecule has 9 nitrogen and oxygen atoms in total. The first-order chi connectivity index (χ1) is 17.6. The monoisotopic (exact) mass is 512 g/mol. The van der Waals surface area contributed by atoms with Crippen molar-refractivity contribution in [3.63, 3.8) is 0 Å². The molecule has 0 radical (unpaired) electrons. The lowest BCUT2D eigenvalue weighted by molar-refractivity contribution is -0.113. The maximum absolute atomic E-state index is 14.0. The maximum atomic E-state index is 14.0. The summed E-state index contributed by atoms with van der Waals surface area (Å²) in [6, 6.07) is 6.33. The van der Waals surface area contributed by atoms with E-state index in [4.69, 9.17) is 10.2 Å². The van der Waals surface area contributed by atoms with E-state index in [1.165, 1.54) is 21.7 Å². The summed E-state index contributed by atoms with van der Waals surface area (Å²) in [7, 11) is 0. The van der Waals surface area contributed by atoms with Crippen LogP contribution in [0.5, 0.6) is 5.75 Å². The standard InChI is InChI=1S/C26H26F2N4O5/c1-15-8-9-31(12-18-3-2-10-37-18)26(29)14-30-13-19(23(34)24(35)22(30)25(36)32(15)26)21(33)7-5-16-4-6-17(27)11-20(16)28/h2-4,6,10-11,13,15,35H,5,7-9,12,14,29H2,1H3/t15-,26+/m0/s1. The zero-order valence-electron chi connectivity index (χ0n) is 20.1. The van der Waals surface area contributed by atoms with Gasteiger partial charge >= 0.3 is 0 Å². The first-order valence-electron chi connectivity index (χ1n) is 11.9. The minimum absolute atomic E-state index is 0.0141. The lowest BCUT2D eigenvalue weighted by Crippen LogP contribution is -2.76. The summed E-state index contributed by atoms with van der Waals surface area (Å²) in [6.07, 6.45) is 3.06. The van der Waals surface area contributed by atoms with E-state index in [1.54, 1.807) is 18.4 Å². The second kappa shape index (κ2) is 9.24. The van der Waals surface area contributed by atoms with E-state index < -0.39 is 40.3 Å². The highest BCUT2D eigenvalue weighted by molar-refractivity contribution is 6.00. The van der Waals surface area contributed by atoms with Gasteiger partial charge in [-0.3, -0.25) is 25.0 Å². The van der Waals surface area contributed by atoms with Gasteiger partial charge in [-0.1, -0.05) is 6.07 Å². The molecule has 0 aliphatic carbocycles. The van der Waals surface area contributed by atoms with E-state index >= 15 is 0 Å². The van der Waals surface area contributed by atoms with Crippen LogP contribution >= 0.6 is 0 Å². The largest absolute Gasteiger partial charge is 0.503 e. The van der Waals surface area contributed by atoms with Crippen molar-refractivity contribution in [1.29, 1.82) is 0 Å². The van der Waals surface area contributed by atoms with Crippen LogP contribution < -0.4 is 11.2 Å². The number of rotatable bonds is 6. The predicted molar refractivity (Wildman–Crippen MR) is 128 cm³/mol. The van der Waals surface area contributed by atoms with Crippen molar-refractivity contribution in [2.24, 2.45) is 5.73 Å². The Labute approximate surface area is 210 Å². The minimum atomic E-state index is -1.31. The number of pyridine rings is 1. The van der Waals surface area contributed by atoms with Crippen LogP contribution in [0.25, 0.3) is 0 Å². The van der Waals surface area contributed by atoms with E-state index in [9.17, 15) is 28.3 Å². The van der Waals surface area contributed by atoms with E-state index in [-0.39, 0.29) is 42.2 Å². The molecule has 5 rings (SSSR count). The summed E-state index contributed by atoms with van der Waals surface area (Å²) in [5, 5.41) is 10.7. The molecule has 2 aliphatic heterocycles. The summed E-state index contributed by atoms with van der Waals surface area (Å²) < 4.78 is 34.0. The van der Waals surface area contributed by atoms with Crippen LogP contribution in [0, 0.1) is 11.6 Å². The van der Waals surface area contributed by atoms with Gasteiger partial charge in [0, 0.05) is 31.3 Å². The molecule has 4 heterocycles. The summed E-state index contributed by atoms with van der Waals surface area (Å²) in [5.41, 5.74) is 5.41. The fraction of sp³-hybridized carbons (Fsp3) is 0.346. The van der Waals surface area contributed by atoms with Crippen molar-refractivity contribution in [3.8, 4) is 5.75 Å². The molecule has 3 aromatic rings. The number of aromatic nitrogens is 1. The SMILES string of the molecule is C[C@H]1CCN(Cc2ccco2)[C@]2(N)Cn3cc(C(=O)CCc4ccc(F)cc4F)c(=O)c(O)c3C(=O)N12. The van der Waals surface area contributed by atoms with Gasteiger partial charge in [-0.05, 0) is 43.5 Å². The van der Waals surface area contributed by atoms with Crippen molar-refractivity contribution >= 4 is 11.7 Å². The van der Waals surface area contributed by atoms with Gasteiger partial charge in [-0.25, -0.2) is 8.78 Å². The quantitative estimate of drug-likeness (QED) is 0.487. The molecule has 11 heteroatoms. The molecule has 1 saturated heterocycles. The average Bonchev–Trinajstić information content (AvgIpc) is 3.35. The number of benzene rings is 1. The van der Waals surface area contributed by atoms with Gasteiger partial charge in [0.05, 0.1) is 24.9 Å². The number of aryl methyl sites for hydroxylation is 1. The second-order valence-corrected chi connectivity index (χ2v) is 9.55. The number of hydrogen-bond acceptors (Lipinski definition) is 7. The van der Waals surface area contributed by atoms with Gasteiger partial charge < -0.3 is 19.0 Å². The fourth-order valence-electron chi connectivity index (χ4n) is 5.23. The van der Waals surface area contributed by atoms with Gasteiger partial charge in [0.25, 0.3) is 5.91 Å². The molecule has 3 N–H and O–H groups in total. The summed E-state index contributed by atoms with van der Waals surface area (Å²) in [6.45, 7) is 2.73. The first kappa shape index (κ1) is 24.8. The number of nitrogens with two attached hydrogens (primary N) is 1. The van der Waals surface area contributed by atoms with Crippen LogP contribution in [0.3, 0.4) is 0 Å². The number of aromatic hydroxyl groups is 1. The average molecular weight is 513 g/mol. The maximum Gasteiger partial charge on any atom is 0.277 e. The topological polar surface area (TPSA) is 122 Å². The number of hydrogen-bond donors (Lipinski definition) is 2. The number of ketones is 1. The van der Waals surface area contributed by atoms with Crippen molar-refractivity contribution in [2.75, 3.05) is 6.54 Å². The highest BCUT2D eigenvalue weighted by Crippen LogP contribution is 2.36. The Morgan fingerprint density at radius 3 is 2.76 bits per heavy atom. The molecule has 2 aromatic heterocycles. The smallest absolute Gasteiger partial charge is 0.277 e. The molecule has 2 atom stereocenters. The third-order valence-corrected chi connectivity index (χ3v) is 7.17. The zero-order chi connectivity index (χ0) is 26.5.